The number of primary amides is 1. The lowest BCUT2D eigenvalue weighted by Gasteiger charge is -2.40. The molecule has 0 unspecified atom stereocenters. The quantitative estimate of drug-likeness (QED) is 0.112. The maximum absolute atomic E-state index is 13.0. The average molecular weight is 453 g/mol. The minimum atomic E-state index is -0.885. The van der Waals surface area contributed by atoms with Crippen LogP contribution in [0.4, 0.5) is 0 Å². The van der Waals surface area contributed by atoms with Crippen molar-refractivity contribution in [3.8, 4) is 0 Å². The van der Waals surface area contributed by atoms with Gasteiger partial charge in [-0.05, 0) is 26.3 Å². The highest BCUT2D eigenvalue weighted by Gasteiger charge is 2.40. The molecule has 0 radical (unpaired) electrons. The molecular weight excluding hydrogens is 416 g/mol. The second-order valence-electron chi connectivity index (χ2n) is 8.52. The Balaban J connectivity index is 2.03. The number of unbranched alkanes of at least 4 members (excludes halogenated alkanes) is 1. The maximum atomic E-state index is 13.0. The molecule has 12 nitrogen and oxygen atoms in total. The van der Waals surface area contributed by atoms with Crippen LogP contribution in [0.15, 0.2) is 0 Å². The molecule has 2 aliphatic rings. The highest BCUT2D eigenvalue weighted by molar-refractivity contribution is 5.95. The fourth-order valence-corrected chi connectivity index (χ4v) is 4.18. The summed E-state index contributed by atoms with van der Waals surface area (Å²) < 4.78 is 0. The van der Waals surface area contributed by atoms with Crippen LogP contribution in [0.25, 0.3) is 0 Å². The van der Waals surface area contributed by atoms with Gasteiger partial charge < -0.3 is 27.4 Å². The van der Waals surface area contributed by atoms with Gasteiger partial charge in [-0.1, -0.05) is 19.8 Å². The highest BCUT2D eigenvalue weighted by atomic mass is 16.2. The second-order valence-corrected chi connectivity index (χ2v) is 8.52. The summed E-state index contributed by atoms with van der Waals surface area (Å²) in [5.74, 6) is -1.59. The van der Waals surface area contributed by atoms with Gasteiger partial charge in [0.1, 0.15) is 12.1 Å². The second kappa shape index (κ2) is 11.8. The van der Waals surface area contributed by atoms with Crippen molar-refractivity contribution in [2.45, 2.75) is 63.2 Å². The summed E-state index contributed by atoms with van der Waals surface area (Å²) in [6.07, 6.45) is 3.59. The fourth-order valence-electron chi connectivity index (χ4n) is 4.18. The van der Waals surface area contributed by atoms with Crippen molar-refractivity contribution in [2.75, 3.05) is 33.2 Å². The first-order chi connectivity index (χ1) is 15.1. The van der Waals surface area contributed by atoms with E-state index in [1.165, 1.54) is 0 Å². The highest BCUT2D eigenvalue weighted by Crippen LogP contribution is 2.17. The van der Waals surface area contributed by atoms with E-state index in [1.807, 2.05) is 11.9 Å². The van der Waals surface area contributed by atoms with E-state index in [0.717, 1.165) is 19.3 Å². The molecule has 2 heterocycles. The van der Waals surface area contributed by atoms with Crippen molar-refractivity contribution in [3.63, 3.8) is 0 Å². The minimum absolute atomic E-state index is 0.0829. The number of likely N-dealkylation sites (N-methyl/N-ethyl adjacent to an activating group) is 1. The van der Waals surface area contributed by atoms with E-state index in [-0.39, 0.29) is 42.7 Å². The number of guanidine groups is 1. The molecule has 0 saturated carbocycles. The lowest BCUT2D eigenvalue weighted by Crippen LogP contribution is -2.66. The van der Waals surface area contributed by atoms with Gasteiger partial charge in [0.05, 0.1) is 18.6 Å². The summed E-state index contributed by atoms with van der Waals surface area (Å²) in [6, 6.07) is -2.44. The van der Waals surface area contributed by atoms with E-state index in [2.05, 4.69) is 22.9 Å². The number of rotatable bonds is 11. The zero-order valence-corrected chi connectivity index (χ0v) is 18.9. The van der Waals surface area contributed by atoms with Gasteiger partial charge in [0.2, 0.25) is 17.7 Å². The topological polar surface area (TPSA) is 187 Å². The fraction of sp³-hybridized carbons (Fsp3) is 0.750. The van der Waals surface area contributed by atoms with Gasteiger partial charge in [0.15, 0.2) is 11.7 Å². The van der Waals surface area contributed by atoms with Crippen LogP contribution in [-0.4, -0.2) is 96.7 Å². The molecule has 0 spiro atoms. The molecule has 0 aliphatic carbocycles. The largest absolute Gasteiger partial charge is 0.370 e. The third-order valence-corrected chi connectivity index (χ3v) is 5.99. The average Bonchev–Trinajstić information content (AvgIpc) is 2.71. The zero-order valence-electron chi connectivity index (χ0n) is 18.9. The number of nitrogens with two attached hydrogens (primary N) is 2. The number of carbonyl (C=O) groups is 4. The SMILES string of the molecule is CCCC[C@H]1C(=O)N[C@@H](C(=O)CN2C[C@H](C(N)=O)NC(=O)[C@@H]2CCCNC(=N)N)CN1C. The van der Waals surface area contributed by atoms with Gasteiger partial charge in [0.25, 0.3) is 0 Å². The Morgan fingerprint density at radius 1 is 1.06 bits per heavy atom. The predicted molar refractivity (Wildman–Crippen MR) is 119 cm³/mol. The summed E-state index contributed by atoms with van der Waals surface area (Å²) in [4.78, 5) is 53.4. The monoisotopic (exact) mass is 452 g/mol. The van der Waals surface area contributed by atoms with Crippen molar-refractivity contribution in [3.05, 3.63) is 0 Å². The number of carbonyl (C=O) groups excluding carboxylic acids is 4. The van der Waals surface area contributed by atoms with Crippen molar-refractivity contribution in [2.24, 2.45) is 11.5 Å². The number of ketones is 1. The Hall–Kier alpha value is -2.73. The predicted octanol–water partition coefficient (Wildman–Crippen LogP) is -2.54. The van der Waals surface area contributed by atoms with Crippen molar-refractivity contribution in [1.29, 1.82) is 5.41 Å². The lowest BCUT2D eigenvalue weighted by molar-refractivity contribution is -0.140. The summed E-state index contributed by atoms with van der Waals surface area (Å²) >= 11 is 0. The van der Waals surface area contributed by atoms with Crippen molar-refractivity contribution >= 4 is 29.5 Å². The number of amides is 3. The number of nitrogens with zero attached hydrogens (tertiary/aromatic N) is 2. The number of hydrogen-bond acceptors (Lipinski definition) is 7. The minimum Gasteiger partial charge on any atom is -0.370 e. The van der Waals surface area contributed by atoms with Gasteiger partial charge in [-0.25, -0.2) is 0 Å². The molecule has 4 atom stereocenters. The van der Waals surface area contributed by atoms with Crippen LogP contribution in [0.3, 0.4) is 0 Å². The van der Waals surface area contributed by atoms with Crippen LogP contribution < -0.4 is 27.4 Å². The van der Waals surface area contributed by atoms with Crippen molar-refractivity contribution < 1.29 is 19.2 Å². The van der Waals surface area contributed by atoms with E-state index in [4.69, 9.17) is 16.9 Å². The molecule has 2 rings (SSSR count). The van der Waals surface area contributed by atoms with Gasteiger partial charge in [0, 0.05) is 19.6 Å². The number of hydrogen-bond donors (Lipinski definition) is 6. The first kappa shape index (κ1) is 25.5. The Morgan fingerprint density at radius 3 is 2.28 bits per heavy atom. The van der Waals surface area contributed by atoms with E-state index in [0.29, 0.717) is 25.9 Å². The molecular formula is C20H36N8O4. The zero-order chi connectivity index (χ0) is 23.8. The third kappa shape index (κ3) is 6.89. The maximum Gasteiger partial charge on any atom is 0.241 e. The molecule has 0 aromatic carbocycles. The Kier molecular flexibility index (Phi) is 9.39. The Labute approximate surface area is 188 Å². The molecule has 2 saturated heterocycles. The molecule has 12 heteroatoms. The molecule has 32 heavy (non-hydrogen) atoms. The summed E-state index contributed by atoms with van der Waals surface area (Å²) in [5.41, 5.74) is 10.7. The van der Waals surface area contributed by atoms with Gasteiger partial charge >= 0.3 is 0 Å². The van der Waals surface area contributed by atoms with Crippen LogP contribution in [0, 0.1) is 5.41 Å². The number of Topliss-reactive ketones (excluding diaryl/α,β-unsaturated/α-hetero) is 1. The van der Waals surface area contributed by atoms with Gasteiger partial charge in [-0.3, -0.25) is 34.4 Å². The first-order valence-corrected chi connectivity index (χ1v) is 11.1. The standard InChI is InChI=1S/C20H36N8O4/c1-3-4-6-14-18(31)25-12(9-27(14)2)16(29)11-28-10-13(17(21)30)26-19(32)15(28)7-5-8-24-20(22)23/h12-15H,3-11H2,1-2H3,(H2,21,30)(H,25,31)(H,26,32)(H4,22,23,24)/t12-,13-,14+,15+/m1/s1. The summed E-state index contributed by atoms with van der Waals surface area (Å²) in [7, 11) is 1.83. The number of nitrogens with one attached hydrogen (secondary N) is 4. The molecule has 2 aliphatic heterocycles. The van der Waals surface area contributed by atoms with E-state index in [9.17, 15) is 19.2 Å². The number of piperazine rings is 2. The Morgan fingerprint density at radius 2 is 1.69 bits per heavy atom. The molecule has 2 fully saturated rings. The first-order valence-electron chi connectivity index (χ1n) is 11.1. The van der Waals surface area contributed by atoms with Crippen LogP contribution in [0.1, 0.15) is 39.0 Å². The molecule has 0 aromatic rings. The van der Waals surface area contributed by atoms with Crippen LogP contribution in [0.5, 0.6) is 0 Å². The smallest absolute Gasteiger partial charge is 0.241 e. The lowest BCUT2D eigenvalue weighted by atomic mass is 9.99. The van der Waals surface area contributed by atoms with E-state index >= 15 is 0 Å². The van der Waals surface area contributed by atoms with Gasteiger partial charge in [-0.15, -0.1) is 0 Å². The Bertz CT molecular complexity index is 730. The molecule has 0 aromatic heterocycles. The summed E-state index contributed by atoms with van der Waals surface area (Å²) in [6.45, 7) is 2.90. The van der Waals surface area contributed by atoms with Crippen molar-refractivity contribution in [1.82, 2.24) is 25.8 Å². The van der Waals surface area contributed by atoms with Crippen LogP contribution >= 0.6 is 0 Å². The third-order valence-electron chi connectivity index (χ3n) is 5.99. The normalized spacial score (nSPS) is 26.8. The molecule has 0 bridgehead atoms. The molecule has 180 valence electrons. The summed E-state index contributed by atoms with van der Waals surface area (Å²) in [5, 5.41) is 15.3. The van der Waals surface area contributed by atoms with Gasteiger partial charge in [-0.2, -0.15) is 0 Å². The van der Waals surface area contributed by atoms with Crippen LogP contribution in [-0.2, 0) is 19.2 Å². The molecule has 3 amide bonds. The van der Waals surface area contributed by atoms with Crippen LogP contribution in [0.2, 0.25) is 0 Å². The van der Waals surface area contributed by atoms with E-state index < -0.39 is 24.0 Å². The van der Waals surface area contributed by atoms with E-state index in [1.54, 1.807) is 4.90 Å². The molecule has 8 N–H and O–H groups in total.